The maximum Gasteiger partial charge on any atom is 0.205 e. The molecule has 1 aromatic carbocycles. The van der Waals surface area contributed by atoms with Gasteiger partial charge in [0.1, 0.15) is 0 Å². The molecule has 0 bridgehead atoms. The second-order valence-corrected chi connectivity index (χ2v) is 4.99. The van der Waals surface area contributed by atoms with Crippen LogP contribution in [0.2, 0.25) is 0 Å². The largest absolute Gasteiger partial charge is 0.353 e. The van der Waals surface area contributed by atoms with Crippen molar-refractivity contribution < 1.29 is 0 Å². The molecular formula is C15H16N6. The number of hydrogen-bond acceptors (Lipinski definition) is 3. The molecule has 0 amide bonds. The Hall–Kier alpha value is -2.81. The van der Waals surface area contributed by atoms with Gasteiger partial charge >= 0.3 is 0 Å². The van der Waals surface area contributed by atoms with Gasteiger partial charge in [-0.3, -0.25) is 5.32 Å². The summed E-state index contributed by atoms with van der Waals surface area (Å²) in [5, 5.41) is 14.5. The van der Waals surface area contributed by atoms with Gasteiger partial charge in [0.25, 0.3) is 0 Å². The number of H-pyrrole nitrogens is 1. The molecule has 106 valence electrons. The van der Waals surface area contributed by atoms with Gasteiger partial charge < -0.3 is 10.3 Å². The fraction of sp³-hybridized carbons (Fsp3) is 0.267. The highest BCUT2D eigenvalue weighted by Crippen LogP contribution is 2.19. The SMILES string of the molecule is N#CNC(=NCc1cccc(-c2cnc[nH]2)c1)NC1CC1. The lowest BCUT2D eigenvalue weighted by Gasteiger charge is -2.07. The molecule has 0 atom stereocenters. The van der Waals surface area contributed by atoms with Gasteiger partial charge in [-0.2, -0.15) is 5.26 Å². The minimum atomic E-state index is 0.459. The summed E-state index contributed by atoms with van der Waals surface area (Å²) >= 11 is 0. The fourth-order valence-electron chi connectivity index (χ4n) is 2.02. The van der Waals surface area contributed by atoms with Crippen molar-refractivity contribution in [2.75, 3.05) is 0 Å². The van der Waals surface area contributed by atoms with Crippen molar-refractivity contribution >= 4 is 5.96 Å². The number of guanidine groups is 1. The van der Waals surface area contributed by atoms with Crippen molar-refractivity contribution in [1.29, 1.82) is 5.26 Å². The minimum absolute atomic E-state index is 0.459. The summed E-state index contributed by atoms with van der Waals surface area (Å²) in [6.45, 7) is 0.520. The highest BCUT2D eigenvalue weighted by molar-refractivity contribution is 5.81. The zero-order valence-electron chi connectivity index (χ0n) is 11.5. The van der Waals surface area contributed by atoms with Crippen LogP contribution in [-0.4, -0.2) is 22.0 Å². The average molecular weight is 280 g/mol. The Bertz CT molecular complexity index is 664. The van der Waals surface area contributed by atoms with E-state index in [0.29, 0.717) is 18.5 Å². The Morgan fingerprint density at radius 3 is 3.10 bits per heavy atom. The molecule has 2 aromatic rings. The minimum Gasteiger partial charge on any atom is -0.353 e. The van der Waals surface area contributed by atoms with E-state index in [1.165, 1.54) is 0 Å². The number of hydrogen-bond donors (Lipinski definition) is 3. The molecule has 1 saturated carbocycles. The van der Waals surface area contributed by atoms with Crippen molar-refractivity contribution in [1.82, 2.24) is 20.6 Å². The highest BCUT2D eigenvalue weighted by atomic mass is 15.2. The van der Waals surface area contributed by atoms with Gasteiger partial charge in [0.15, 0.2) is 6.19 Å². The molecular weight excluding hydrogens is 264 g/mol. The summed E-state index contributed by atoms with van der Waals surface area (Å²) in [7, 11) is 0. The van der Waals surface area contributed by atoms with Gasteiger partial charge in [-0.15, -0.1) is 0 Å². The Morgan fingerprint density at radius 1 is 1.48 bits per heavy atom. The van der Waals surface area contributed by atoms with Crippen molar-refractivity contribution in [3.63, 3.8) is 0 Å². The topological polar surface area (TPSA) is 88.9 Å². The van der Waals surface area contributed by atoms with Gasteiger partial charge in [-0.05, 0) is 30.0 Å². The molecule has 1 aliphatic rings. The summed E-state index contributed by atoms with van der Waals surface area (Å²) in [6.07, 6.45) is 7.65. The molecule has 6 nitrogen and oxygen atoms in total. The number of aromatic amines is 1. The van der Waals surface area contributed by atoms with Gasteiger partial charge in [-0.1, -0.05) is 18.2 Å². The molecule has 0 aliphatic heterocycles. The normalized spacial score (nSPS) is 14.5. The van der Waals surface area contributed by atoms with Crippen LogP contribution in [0.25, 0.3) is 11.3 Å². The van der Waals surface area contributed by atoms with Crippen molar-refractivity contribution in [2.24, 2.45) is 4.99 Å². The number of aromatic nitrogens is 2. The van der Waals surface area contributed by atoms with Crippen LogP contribution in [0.4, 0.5) is 0 Å². The molecule has 0 spiro atoms. The second kappa shape index (κ2) is 6.09. The molecule has 1 fully saturated rings. The van der Waals surface area contributed by atoms with Gasteiger partial charge in [0.05, 0.1) is 24.8 Å². The Balaban J connectivity index is 1.71. The Labute approximate surface area is 122 Å². The predicted octanol–water partition coefficient (Wildman–Crippen LogP) is 1.76. The van der Waals surface area contributed by atoms with Crippen LogP contribution in [0.5, 0.6) is 0 Å². The van der Waals surface area contributed by atoms with E-state index < -0.39 is 0 Å². The van der Waals surface area contributed by atoms with Crippen LogP contribution in [-0.2, 0) is 6.54 Å². The van der Waals surface area contributed by atoms with Crippen molar-refractivity contribution in [2.45, 2.75) is 25.4 Å². The zero-order chi connectivity index (χ0) is 14.5. The van der Waals surface area contributed by atoms with E-state index >= 15 is 0 Å². The molecule has 1 aliphatic carbocycles. The maximum atomic E-state index is 8.74. The van der Waals surface area contributed by atoms with Gasteiger partial charge in [0, 0.05) is 6.04 Å². The lowest BCUT2D eigenvalue weighted by atomic mass is 10.1. The monoisotopic (exact) mass is 280 g/mol. The van der Waals surface area contributed by atoms with Crippen LogP contribution < -0.4 is 10.6 Å². The van der Waals surface area contributed by atoms with E-state index in [-0.39, 0.29) is 0 Å². The lowest BCUT2D eigenvalue weighted by Crippen LogP contribution is -2.35. The Morgan fingerprint density at radius 2 is 2.38 bits per heavy atom. The number of nitrogens with one attached hydrogen (secondary N) is 3. The number of imidazole rings is 1. The van der Waals surface area contributed by atoms with Gasteiger partial charge in [0.2, 0.25) is 5.96 Å². The summed E-state index contributed by atoms with van der Waals surface area (Å²) < 4.78 is 0. The van der Waals surface area contributed by atoms with Crippen molar-refractivity contribution in [3.05, 3.63) is 42.4 Å². The van der Waals surface area contributed by atoms with E-state index in [9.17, 15) is 0 Å². The molecule has 0 saturated heterocycles. The van der Waals surface area contributed by atoms with E-state index in [2.05, 4.69) is 31.7 Å². The molecule has 3 N–H and O–H groups in total. The van der Waals surface area contributed by atoms with E-state index in [4.69, 9.17) is 5.26 Å². The first-order valence-corrected chi connectivity index (χ1v) is 6.89. The molecule has 3 rings (SSSR count). The third-order valence-corrected chi connectivity index (χ3v) is 3.25. The first kappa shape index (κ1) is 13.2. The van der Waals surface area contributed by atoms with Crippen molar-refractivity contribution in [3.8, 4) is 17.5 Å². The predicted molar refractivity (Wildman–Crippen MR) is 80.1 cm³/mol. The first-order valence-electron chi connectivity index (χ1n) is 6.89. The second-order valence-electron chi connectivity index (χ2n) is 4.99. The Kier molecular flexibility index (Phi) is 3.83. The zero-order valence-corrected chi connectivity index (χ0v) is 11.5. The molecule has 1 heterocycles. The smallest absolute Gasteiger partial charge is 0.205 e. The quantitative estimate of drug-likeness (QED) is 0.344. The summed E-state index contributed by atoms with van der Waals surface area (Å²) in [4.78, 5) is 11.5. The number of aliphatic imine (C=N–C) groups is 1. The van der Waals surface area contributed by atoms with Crippen LogP contribution >= 0.6 is 0 Å². The summed E-state index contributed by atoms with van der Waals surface area (Å²) in [5.41, 5.74) is 3.13. The number of nitriles is 1. The fourth-order valence-corrected chi connectivity index (χ4v) is 2.02. The molecule has 0 radical (unpaired) electrons. The lowest BCUT2D eigenvalue weighted by molar-refractivity contribution is 0.858. The number of nitrogens with zero attached hydrogens (tertiary/aromatic N) is 3. The first-order chi connectivity index (χ1) is 10.3. The third kappa shape index (κ3) is 3.60. The van der Waals surface area contributed by atoms with Crippen LogP contribution in [0.1, 0.15) is 18.4 Å². The summed E-state index contributed by atoms with van der Waals surface area (Å²) in [5.74, 6) is 0.548. The molecule has 0 unspecified atom stereocenters. The average Bonchev–Trinajstić information content (AvgIpc) is 3.15. The van der Waals surface area contributed by atoms with Crippen LogP contribution in [0.3, 0.4) is 0 Å². The van der Waals surface area contributed by atoms with Crippen LogP contribution in [0.15, 0.2) is 41.8 Å². The maximum absolute atomic E-state index is 8.74. The van der Waals surface area contributed by atoms with E-state index in [1.54, 1.807) is 12.5 Å². The van der Waals surface area contributed by atoms with Gasteiger partial charge in [-0.25, -0.2) is 9.98 Å². The van der Waals surface area contributed by atoms with E-state index in [0.717, 1.165) is 29.7 Å². The molecule has 21 heavy (non-hydrogen) atoms. The molecule has 6 heteroatoms. The summed E-state index contributed by atoms with van der Waals surface area (Å²) in [6, 6.07) is 8.56. The standard InChI is InChI=1S/C15H16N6/c16-9-19-15(21-13-4-5-13)18-7-11-2-1-3-12(6-11)14-8-17-10-20-14/h1-3,6,8,10,13H,4-5,7H2,(H,17,20)(H2,18,19,21). The van der Waals surface area contributed by atoms with E-state index in [1.807, 2.05) is 24.4 Å². The number of benzene rings is 1. The highest BCUT2D eigenvalue weighted by Gasteiger charge is 2.22. The number of rotatable bonds is 4. The van der Waals surface area contributed by atoms with Crippen LogP contribution in [0, 0.1) is 11.5 Å². The third-order valence-electron chi connectivity index (χ3n) is 3.25. The molecule has 1 aromatic heterocycles.